The highest BCUT2D eigenvalue weighted by Crippen LogP contribution is 2.21. The molecule has 1 aromatic heterocycles. The predicted octanol–water partition coefficient (Wildman–Crippen LogP) is 3.05. The van der Waals surface area contributed by atoms with E-state index in [1.54, 1.807) is 0 Å². The fraction of sp³-hybridized carbons (Fsp3) is 0.300. The maximum Gasteiger partial charge on any atom is 0.139 e. The van der Waals surface area contributed by atoms with Gasteiger partial charge in [0.15, 0.2) is 0 Å². The average Bonchev–Trinajstić information content (AvgIpc) is 3.13. The van der Waals surface area contributed by atoms with Crippen LogP contribution >= 0.6 is 0 Å². The standard InChI is InChI=1S/C20H22N4O/c1-3-7-17(8-4-1)15-23-11-13-24(14-12-23)16-19-20(22-25-21-19)18-9-5-2-6-10-18/h1-10H,11-16H2. The average molecular weight is 334 g/mol. The molecule has 128 valence electrons. The Kier molecular flexibility index (Phi) is 4.86. The zero-order chi connectivity index (χ0) is 16.9. The zero-order valence-electron chi connectivity index (χ0n) is 14.2. The SMILES string of the molecule is c1ccc(CN2CCN(Cc3nonc3-c3ccccc3)CC2)cc1. The van der Waals surface area contributed by atoms with Crippen molar-refractivity contribution in [2.24, 2.45) is 0 Å². The number of nitrogens with zero attached hydrogens (tertiary/aromatic N) is 4. The van der Waals surface area contributed by atoms with Gasteiger partial charge >= 0.3 is 0 Å². The van der Waals surface area contributed by atoms with Crippen molar-refractivity contribution in [3.8, 4) is 11.3 Å². The van der Waals surface area contributed by atoms with Crippen LogP contribution in [0.1, 0.15) is 11.3 Å². The van der Waals surface area contributed by atoms with Crippen molar-refractivity contribution in [2.75, 3.05) is 26.2 Å². The van der Waals surface area contributed by atoms with E-state index < -0.39 is 0 Å². The fourth-order valence-electron chi connectivity index (χ4n) is 3.28. The van der Waals surface area contributed by atoms with Crippen LogP contribution in [0.3, 0.4) is 0 Å². The van der Waals surface area contributed by atoms with Crippen molar-refractivity contribution in [3.05, 3.63) is 71.9 Å². The lowest BCUT2D eigenvalue weighted by Gasteiger charge is -2.34. The number of hydrogen-bond donors (Lipinski definition) is 0. The predicted molar refractivity (Wildman–Crippen MR) is 96.7 cm³/mol. The van der Waals surface area contributed by atoms with Crippen molar-refractivity contribution >= 4 is 0 Å². The van der Waals surface area contributed by atoms with E-state index in [1.807, 2.05) is 30.3 Å². The largest absolute Gasteiger partial charge is 0.297 e. The molecular formula is C20H22N4O. The minimum absolute atomic E-state index is 0.785. The van der Waals surface area contributed by atoms with E-state index in [2.05, 4.69) is 50.4 Å². The zero-order valence-corrected chi connectivity index (χ0v) is 14.2. The van der Waals surface area contributed by atoms with Gasteiger partial charge in [0.1, 0.15) is 11.4 Å². The lowest BCUT2D eigenvalue weighted by Crippen LogP contribution is -2.45. The maximum absolute atomic E-state index is 5.00. The summed E-state index contributed by atoms with van der Waals surface area (Å²) < 4.78 is 5.00. The van der Waals surface area contributed by atoms with Gasteiger partial charge in [0, 0.05) is 44.8 Å². The molecule has 0 N–H and O–H groups in total. The van der Waals surface area contributed by atoms with Crippen molar-refractivity contribution in [1.29, 1.82) is 0 Å². The molecule has 5 heteroatoms. The van der Waals surface area contributed by atoms with Gasteiger partial charge in [0.2, 0.25) is 0 Å². The highest BCUT2D eigenvalue weighted by molar-refractivity contribution is 5.60. The van der Waals surface area contributed by atoms with Crippen LogP contribution in [0, 0.1) is 0 Å². The van der Waals surface area contributed by atoms with Crippen LogP contribution in [0.15, 0.2) is 65.3 Å². The summed E-state index contributed by atoms with van der Waals surface area (Å²) in [4.78, 5) is 4.93. The topological polar surface area (TPSA) is 45.4 Å². The quantitative estimate of drug-likeness (QED) is 0.717. The molecule has 1 fully saturated rings. The van der Waals surface area contributed by atoms with Crippen molar-refractivity contribution in [3.63, 3.8) is 0 Å². The Labute approximate surface area is 147 Å². The van der Waals surface area contributed by atoms with E-state index in [0.717, 1.165) is 56.2 Å². The molecule has 0 bridgehead atoms. The Morgan fingerprint density at radius 3 is 2.00 bits per heavy atom. The summed E-state index contributed by atoms with van der Waals surface area (Å²) >= 11 is 0. The Balaban J connectivity index is 1.34. The molecule has 3 aromatic rings. The van der Waals surface area contributed by atoms with Gasteiger partial charge in [-0.05, 0) is 10.7 Å². The highest BCUT2D eigenvalue weighted by Gasteiger charge is 2.20. The molecule has 4 rings (SSSR count). The Morgan fingerprint density at radius 2 is 1.32 bits per heavy atom. The summed E-state index contributed by atoms with van der Waals surface area (Å²) in [5.41, 5.74) is 4.21. The van der Waals surface area contributed by atoms with E-state index >= 15 is 0 Å². The first-order valence-electron chi connectivity index (χ1n) is 8.74. The third-order valence-corrected chi connectivity index (χ3v) is 4.69. The minimum Gasteiger partial charge on any atom is -0.297 e. The number of piperazine rings is 1. The smallest absolute Gasteiger partial charge is 0.139 e. The van der Waals surface area contributed by atoms with Gasteiger partial charge in [-0.25, -0.2) is 4.63 Å². The molecule has 1 aliphatic heterocycles. The second kappa shape index (κ2) is 7.59. The van der Waals surface area contributed by atoms with Crippen LogP contribution in [0.4, 0.5) is 0 Å². The maximum atomic E-state index is 5.00. The number of hydrogen-bond acceptors (Lipinski definition) is 5. The molecule has 2 aromatic carbocycles. The Hall–Kier alpha value is -2.50. The van der Waals surface area contributed by atoms with E-state index in [1.165, 1.54) is 5.56 Å². The normalized spacial score (nSPS) is 16.2. The lowest BCUT2D eigenvalue weighted by molar-refractivity contribution is 0.120. The first kappa shape index (κ1) is 16.0. The van der Waals surface area contributed by atoms with Crippen LogP contribution < -0.4 is 0 Å². The molecular weight excluding hydrogens is 312 g/mol. The summed E-state index contributed by atoms with van der Waals surface area (Å²) in [5.74, 6) is 0. The van der Waals surface area contributed by atoms with Gasteiger partial charge < -0.3 is 0 Å². The van der Waals surface area contributed by atoms with E-state index in [-0.39, 0.29) is 0 Å². The molecule has 0 unspecified atom stereocenters. The van der Waals surface area contributed by atoms with Gasteiger partial charge in [0.25, 0.3) is 0 Å². The van der Waals surface area contributed by atoms with E-state index in [9.17, 15) is 0 Å². The number of rotatable bonds is 5. The second-order valence-corrected chi connectivity index (χ2v) is 6.46. The molecule has 0 amide bonds. The van der Waals surface area contributed by atoms with E-state index in [0.29, 0.717) is 0 Å². The third-order valence-electron chi connectivity index (χ3n) is 4.69. The Morgan fingerprint density at radius 1 is 0.720 bits per heavy atom. The lowest BCUT2D eigenvalue weighted by atomic mass is 10.1. The highest BCUT2D eigenvalue weighted by atomic mass is 16.6. The molecule has 2 heterocycles. The molecule has 0 spiro atoms. The summed E-state index contributed by atoms with van der Waals surface area (Å²) in [6.45, 7) is 6.02. The van der Waals surface area contributed by atoms with Crippen LogP contribution in [0.2, 0.25) is 0 Å². The van der Waals surface area contributed by atoms with Crippen LogP contribution in [-0.4, -0.2) is 46.3 Å². The molecule has 5 nitrogen and oxygen atoms in total. The van der Waals surface area contributed by atoms with Crippen molar-refractivity contribution in [1.82, 2.24) is 20.1 Å². The van der Waals surface area contributed by atoms with Crippen LogP contribution in [-0.2, 0) is 13.1 Å². The summed E-state index contributed by atoms with van der Waals surface area (Å²) in [6, 6.07) is 20.8. The second-order valence-electron chi connectivity index (χ2n) is 6.46. The number of benzene rings is 2. The Bertz CT molecular complexity index is 780. The van der Waals surface area contributed by atoms with Gasteiger partial charge in [0.05, 0.1) is 0 Å². The van der Waals surface area contributed by atoms with Gasteiger partial charge in [-0.2, -0.15) is 0 Å². The number of aromatic nitrogens is 2. The molecule has 25 heavy (non-hydrogen) atoms. The van der Waals surface area contributed by atoms with Crippen molar-refractivity contribution < 1.29 is 4.63 Å². The van der Waals surface area contributed by atoms with Gasteiger partial charge in [-0.15, -0.1) is 0 Å². The molecule has 0 radical (unpaired) electrons. The van der Waals surface area contributed by atoms with Gasteiger partial charge in [-0.3, -0.25) is 9.80 Å². The third kappa shape index (κ3) is 3.95. The summed E-state index contributed by atoms with van der Waals surface area (Å²) in [5, 5.41) is 8.23. The summed E-state index contributed by atoms with van der Waals surface area (Å²) in [6.07, 6.45) is 0. The summed E-state index contributed by atoms with van der Waals surface area (Å²) in [7, 11) is 0. The van der Waals surface area contributed by atoms with E-state index in [4.69, 9.17) is 4.63 Å². The molecule has 0 atom stereocenters. The molecule has 0 saturated carbocycles. The van der Waals surface area contributed by atoms with Crippen LogP contribution in [0.25, 0.3) is 11.3 Å². The van der Waals surface area contributed by atoms with Crippen molar-refractivity contribution in [2.45, 2.75) is 13.1 Å². The first-order chi connectivity index (χ1) is 12.4. The first-order valence-corrected chi connectivity index (χ1v) is 8.74. The fourth-order valence-corrected chi connectivity index (χ4v) is 3.28. The molecule has 1 saturated heterocycles. The minimum atomic E-state index is 0.785. The van der Waals surface area contributed by atoms with Gasteiger partial charge in [-0.1, -0.05) is 65.8 Å². The molecule has 1 aliphatic rings. The van der Waals surface area contributed by atoms with Crippen LogP contribution in [0.5, 0.6) is 0 Å². The monoisotopic (exact) mass is 334 g/mol. The molecule has 0 aliphatic carbocycles.